The molecule has 0 saturated carbocycles. The summed E-state index contributed by atoms with van der Waals surface area (Å²) in [6, 6.07) is 7.67. The van der Waals surface area contributed by atoms with E-state index in [0.29, 0.717) is 18.2 Å². The average molecular weight is 460 g/mol. The number of nitrogens with one attached hydrogen (secondary N) is 2. The number of amides is 1. The summed E-state index contributed by atoms with van der Waals surface area (Å²) in [7, 11) is 0. The van der Waals surface area contributed by atoms with Gasteiger partial charge in [0, 0.05) is 18.2 Å². The number of hydrogen-bond donors (Lipinski definition) is 3. The number of hydrogen-bond acceptors (Lipinski definition) is 2. The Bertz CT molecular complexity index is 546. The molecular weight excluding hydrogens is 427 g/mol. The Morgan fingerprint density at radius 1 is 1.24 bits per heavy atom. The second-order valence-electron chi connectivity index (χ2n) is 6.63. The smallest absolute Gasteiger partial charge is 0.248 e. The third-order valence-corrected chi connectivity index (χ3v) is 3.78. The molecule has 0 saturated heterocycles. The molecule has 1 unspecified atom stereocenters. The van der Waals surface area contributed by atoms with E-state index in [2.05, 4.69) is 36.4 Å². The Kier molecular flexibility index (Phi) is 12.3. The van der Waals surface area contributed by atoms with Gasteiger partial charge in [0.25, 0.3) is 0 Å². The lowest BCUT2D eigenvalue weighted by Gasteiger charge is -2.18. The second kappa shape index (κ2) is 13.0. The summed E-state index contributed by atoms with van der Waals surface area (Å²) >= 11 is 0. The lowest BCUT2D eigenvalue weighted by molar-refractivity contribution is 0.1000. The second-order valence-corrected chi connectivity index (χ2v) is 6.63. The number of primary amides is 1. The zero-order valence-corrected chi connectivity index (χ0v) is 18.2. The lowest BCUT2D eigenvalue weighted by Crippen LogP contribution is -2.42. The van der Waals surface area contributed by atoms with Gasteiger partial charge in [-0.3, -0.25) is 4.79 Å². The van der Waals surface area contributed by atoms with Gasteiger partial charge in [0.15, 0.2) is 5.96 Å². The SMILES string of the molecule is CCNC(=NCc1cccc(C(N)=O)c1)NC(C)CCCC(C)C.I. The summed E-state index contributed by atoms with van der Waals surface area (Å²) in [4.78, 5) is 15.9. The fourth-order valence-corrected chi connectivity index (χ4v) is 2.45. The van der Waals surface area contributed by atoms with Crippen molar-refractivity contribution >= 4 is 35.8 Å². The van der Waals surface area contributed by atoms with Crippen molar-refractivity contribution in [3.63, 3.8) is 0 Å². The number of carbonyl (C=O) groups is 1. The van der Waals surface area contributed by atoms with Crippen LogP contribution in [0.2, 0.25) is 0 Å². The standard InChI is InChI=1S/C19H32N4O.HI/c1-5-21-19(23-15(4)9-6-8-14(2)3)22-13-16-10-7-11-17(12-16)18(20)24;/h7,10-12,14-15H,5-6,8-9,13H2,1-4H3,(H2,20,24)(H2,21,22,23);1H. The largest absolute Gasteiger partial charge is 0.366 e. The van der Waals surface area contributed by atoms with Crippen LogP contribution in [-0.2, 0) is 6.54 Å². The van der Waals surface area contributed by atoms with Crippen LogP contribution in [0.5, 0.6) is 0 Å². The van der Waals surface area contributed by atoms with E-state index in [1.54, 1.807) is 12.1 Å². The molecule has 1 aromatic rings. The van der Waals surface area contributed by atoms with Crippen LogP contribution in [0.25, 0.3) is 0 Å². The third kappa shape index (κ3) is 10.3. The molecule has 0 heterocycles. The normalized spacial score (nSPS) is 12.4. The first kappa shape index (κ1) is 23.7. The van der Waals surface area contributed by atoms with E-state index >= 15 is 0 Å². The molecule has 1 rings (SSSR count). The Morgan fingerprint density at radius 3 is 2.56 bits per heavy atom. The first-order valence-electron chi connectivity index (χ1n) is 8.86. The van der Waals surface area contributed by atoms with E-state index in [0.717, 1.165) is 30.4 Å². The van der Waals surface area contributed by atoms with Gasteiger partial charge in [0.2, 0.25) is 5.91 Å². The van der Waals surface area contributed by atoms with E-state index in [9.17, 15) is 4.79 Å². The van der Waals surface area contributed by atoms with Crippen LogP contribution in [0.1, 0.15) is 62.9 Å². The summed E-state index contributed by atoms with van der Waals surface area (Å²) in [5.41, 5.74) is 6.81. The highest BCUT2D eigenvalue weighted by Crippen LogP contribution is 2.09. The predicted octanol–water partition coefficient (Wildman–Crippen LogP) is 3.67. The number of carbonyl (C=O) groups excluding carboxylic acids is 1. The van der Waals surface area contributed by atoms with Crippen molar-refractivity contribution in [1.82, 2.24) is 10.6 Å². The van der Waals surface area contributed by atoms with Crippen LogP contribution >= 0.6 is 24.0 Å². The van der Waals surface area contributed by atoms with Gasteiger partial charge in [-0.2, -0.15) is 0 Å². The van der Waals surface area contributed by atoms with E-state index in [4.69, 9.17) is 5.73 Å². The summed E-state index contributed by atoms with van der Waals surface area (Å²) < 4.78 is 0. The Labute approximate surface area is 169 Å². The van der Waals surface area contributed by atoms with Crippen molar-refractivity contribution in [2.75, 3.05) is 6.54 Å². The van der Waals surface area contributed by atoms with E-state index in [-0.39, 0.29) is 24.0 Å². The molecule has 0 aliphatic rings. The average Bonchev–Trinajstić information content (AvgIpc) is 2.52. The highest BCUT2D eigenvalue weighted by Gasteiger charge is 2.06. The molecule has 5 nitrogen and oxygen atoms in total. The molecule has 0 aliphatic heterocycles. The van der Waals surface area contributed by atoms with Crippen molar-refractivity contribution in [3.05, 3.63) is 35.4 Å². The highest BCUT2D eigenvalue weighted by molar-refractivity contribution is 14.0. The summed E-state index contributed by atoms with van der Waals surface area (Å²) in [6.07, 6.45) is 3.59. The third-order valence-electron chi connectivity index (χ3n) is 3.78. The van der Waals surface area contributed by atoms with Crippen LogP contribution in [-0.4, -0.2) is 24.5 Å². The molecule has 0 spiro atoms. The molecule has 1 amide bonds. The Hall–Kier alpha value is -1.31. The van der Waals surface area contributed by atoms with E-state index < -0.39 is 5.91 Å². The minimum Gasteiger partial charge on any atom is -0.366 e. The fourth-order valence-electron chi connectivity index (χ4n) is 2.45. The molecule has 25 heavy (non-hydrogen) atoms. The molecule has 0 fully saturated rings. The van der Waals surface area contributed by atoms with Gasteiger partial charge in [-0.15, -0.1) is 24.0 Å². The first-order valence-corrected chi connectivity index (χ1v) is 8.86. The number of guanidine groups is 1. The maximum absolute atomic E-state index is 11.2. The molecular formula is C19H33IN4O. The van der Waals surface area contributed by atoms with E-state index in [1.807, 2.05) is 19.1 Å². The number of aliphatic imine (C=N–C) groups is 1. The quantitative estimate of drug-likeness (QED) is 0.299. The van der Waals surface area contributed by atoms with Crippen LogP contribution in [0.3, 0.4) is 0 Å². The summed E-state index contributed by atoms with van der Waals surface area (Å²) in [6.45, 7) is 10.1. The monoisotopic (exact) mass is 460 g/mol. The van der Waals surface area contributed by atoms with Crippen molar-refractivity contribution < 1.29 is 4.79 Å². The molecule has 6 heteroatoms. The van der Waals surface area contributed by atoms with Crippen LogP contribution in [0, 0.1) is 5.92 Å². The van der Waals surface area contributed by atoms with Gasteiger partial charge < -0.3 is 16.4 Å². The van der Waals surface area contributed by atoms with Gasteiger partial charge in [-0.1, -0.05) is 38.8 Å². The van der Waals surface area contributed by atoms with Crippen molar-refractivity contribution in [1.29, 1.82) is 0 Å². The minimum absolute atomic E-state index is 0. The van der Waals surface area contributed by atoms with Crippen LogP contribution in [0.4, 0.5) is 0 Å². The molecule has 0 aromatic heterocycles. The molecule has 0 radical (unpaired) electrons. The predicted molar refractivity (Wildman–Crippen MR) is 116 cm³/mol. The molecule has 0 bridgehead atoms. The number of rotatable bonds is 9. The maximum Gasteiger partial charge on any atom is 0.248 e. The van der Waals surface area contributed by atoms with Crippen molar-refractivity contribution in [2.45, 2.75) is 59.5 Å². The summed E-state index contributed by atoms with van der Waals surface area (Å²) in [5.74, 6) is 1.14. The number of halogens is 1. The van der Waals surface area contributed by atoms with Gasteiger partial charge in [0.1, 0.15) is 0 Å². The van der Waals surface area contributed by atoms with Gasteiger partial charge in [-0.05, 0) is 43.9 Å². The first-order chi connectivity index (χ1) is 11.4. The van der Waals surface area contributed by atoms with Gasteiger partial charge in [0.05, 0.1) is 6.54 Å². The Balaban J connectivity index is 0.00000576. The highest BCUT2D eigenvalue weighted by atomic mass is 127. The van der Waals surface area contributed by atoms with Gasteiger partial charge >= 0.3 is 0 Å². The number of nitrogens with two attached hydrogens (primary N) is 1. The van der Waals surface area contributed by atoms with Crippen LogP contribution in [0.15, 0.2) is 29.3 Å². The lowest BCUT2D eigenvalue weighted by atomic mass is 10.0. The number of benzene rings is 1. The van der Waals surface area contributed by atoms with E-state index in [1.165, 1.54) is 12.8 Å². The zero-order chi connectivity index (χ0) is 17.9. The molecule has 142 valence electrons. The minimum atomic E-state index is -0.412. The molecule has 0 aliphatic carbocycles. The van der Waals surface area contributed by atoms with Crippen LogP contribution < -0.4 is 16.4 Å². The number of nitrogens with zero attached hydrogens (tertiary/aromatic N) is 1. The topological polar surface area (TPSA) is 79.5 Å². The summed E-state index contributed by atoms with van der Waals surface area (Å²) in [5, 5.41) is 6.71. The fraction of sp³-hybridized carbons (Fsp3) is 0.579. The Morgan fingerprint density at radius 2 is 1.96 bits per heavy atom. The molecule has 1 aromatic carbocycles. The van der Waals surface area contributed by atoms with Crippen molar-refractivity contribution in [3.8, 4) is 0 Å². The zero-order valence-electron chi connectivity index (χ0n) is 15.8. The maximum atomic E-state index is 11.2. The van der Waals surface area contributed by atoms with Gasteiger partial charge in [-0.25, -0.2) is 4.99 Å². The van der Waals surface area contributed by atoms with Crippen molar-refractivity contribution in [2.24, 2.45) is 16.6 Å². The molecule has 4 N–H and O–H groups in total. The molecule has 1 atom stereocenters.